The van der Waals surface area contributed by atoms with E-state index >= 15 is 0 Å². The Balaban J connectivity index is 2.06. The van der Waals surface area contributed by atoms with E-state index < -0.39 is 0 Å². The van der Waals surface area contributed by atoms with Crippen LogP contribution in [0, 0.1) is 0 Å². The lowest BCUT2D eigenvalue weighted by atomic mass is 10.3. The van der Waals surface area contributed by atoms with Gasteiger partial charge in [0.15, 0.2) is 5.82 Å². The molecule has 0 spiro atoms. The molecule has 0 unspecified atom stereocenters. The minimum Gasteiger partial charge on any atom is -0.483 e. The van der Waals surface area contributed by atoms with Crippen LogP contribution in [0.2, 0.25) is 5.02 Å². The fourth-order valence-electron chi connectivity index (χ4n) is 1.57. The van der Waals surface area contributed by atoms with Crippen molar-refractivity contribution < 1.29 is 4.74 Å². The number of nitrogen functional groups attached to an aromatic ring is 1. The lowest BCUT2D eigenvalue weighted by Gasteiger charge is -2.09. The van der Waals surface area contributed by atoms with Gasteiger partial charge >= 0.3 is 0 Å². The molecule has 18 heavy (non-hydrogen) atoms. The molecule has 0 aliphatic carbocycles. The summed E-state index contributed by atoms with van der Waals surface area (Å²) in [7, 11) is 0. The Morgan fingerprint density at radius 3 is 3.06 bits per heavy atom. The fourth-order valence-corrected chi connectivity index (χ4v) is 1.74. The zero-order valence-corrected chi connectivity index (χ0v) is 10.9. The van der Waals surface area contributed by atoms with Crippen molar-refractivity contribution in [2.75, 3.05) is 5.73 Å². The predicted octanol–water partition coefficient (Wildman–Crippen LogP) is 2.50. The van der Waals surface area contributed by atoms with E-state index in [4.69, 9.17) is 22.1 Å². The van der Waals surface area contributed by atoms with Crippen molar-refractivity contribution in [1.82, 2.24) is 14.8 Å². The van der Waals surface area contributed by atoms with Crippen LogP contribution >= 0.6 is 11.6 Å². The molecular formula is C12H15ClN4O. The van der Waals surface area contributed by atoms with Crippen molar-refractivity contribution in [3.05, 3.63) is 35.4 Å². The van der Waals surface area contributed by atoms with Gasteiger partial charge in [-0.25, -0.2) is 9.67 Å². The highest BCUT2D eigenvalue weighted by atomic mass is 35.5. The van der Waals surface area contributed by atoms with Crippen LogP contribution in [0.5, 0.6) is 5.75 Å². The van der Waals surface area contributed by atoms with Crippen molar-refractivity contribution in [3.8, 4) is 5.75 Å². The number of anilines is 1. The van der Waals surface area contributed by atoms with Crippen LogP contribution in [-0.4, -0.2) is 14.8 Å². The molecule has 2 aromatic rings. The van der Waals surface area contributed by atoms with Crippen molar-refractivity contribution in [2.45, 2.75) is 26.5 Å². The molecule has 0 fully saturated rings. The molecule has 0 bridgehead atoms. The van der Waals surface area contributed by atoms with Crippen molar-refractivity contribution >= 4 is 17.3 Å². The van der Waals surface area contributed by atoms with Crippen molar-refractivity contribution in [1.29, 1.82) is 0 Å². The first-order valence-electron chi connectivity index (χ1n) is 5.75. The van der Waals surface area contributed by atoms with Crippen molar-refractivity contribution in [3.63, 3.8) is 0 Å². The summed E-state index contributed by atoms with van der Waals surface area (Å²) in [5.41, 5.74) is 6.36. The molecule has 2 N–H and O–H groups in total. The van der Waals surface area contributed by atoms with Crippen LogP contribution in [0.15, 0.2) is 24.5 Å². The molecule has 0 aliphatic heterocycles. The molecule has 0 saturated heterocycles. The summed E-state index contributed by atoms with van der Waals surface area (Å²) in [5, 5.41) is 4.72. The van der Waals surface area contributed by atoms with Gasteiger partial charge in [0.25, 0.3) is 0 Å². The maximum atomic E-state index is 5.89. The standard InChI is InChI=1S/C12H15ClN4O/c1-2-5-17-12(15-8-16-17)7-18-11-6-9(13)3-4-10(11)14/h3-4,6,8H,2,5,7,14H2,1H3. The van der Waals surface area contributed by atoms with Gasteiger partial charge in [0.05, 0.1) is 5.69 Å². The normalized spacial score (nSPS) is 10.6. The highest BCUT2D eigenvalue weighted by Crippen LogP contribution is 2.25. The van der Waals surface area contributed by atoms with Crippen LogP contribution in [0.1, 0.15) is 19.2 Å². The summed E-state index contributed by atoms with van der Waals surface area (Å²) in [6.45, 7) is 3.23. The van der Waals surface area contributed by atoms with Gasteiger partial charge in [0.2, 0.25) is 0 Å². The Morgan fingerprint density at radius 2 is 2.28 bits per heavy atom. The van der Waals surface area contributed by atoms with E-state index in [9.17, 15) is 0 Å². The number of nitrogens with two attached hydrogens (primary N) is 1. The number of aryl methyl sites for hydroxylation is 1. The maximum Gasteiger partial charge on any atom is 0.164 e. The second kappa shape index (κ2) is 5.73. The minimum absolute atomic E-state index is 0.324. The fraction of sp³-hybridized carbons (Fsp3) is 0.333. The smallest absolute Gasteiger partial charge is 0.164 e. The number of benzene rings is 1. The third-order valence-corrected chi connectivity index (χ3v) is 2.70. The van der Waals surface area contributed by atoms with Crippen LogP contribution in [0.25, 0.3) is 0 Å². The van der Waals surface area contributed by atoms with Crippen LogP contribution in [0.4, 0.5) is 5.69 Å². The molecule has 1 aromatic carbocycles. The first-order chi connectivity index (χ1) is 8.70. The Hall–Kier alpha value is -1.75. The van der Waals surface area contributed by atoms with Crippen LogP contribution < -0.4 is 10.5 Å². The van der Waals surface area contributed by atoms with Crippen LogP contribution in [-0.2, 0) is 13.2 Å². The lowest BCUT2D eigenvalue weighted by Crippen LogP contribution is -2.09. The number of nitrogens with zero attached hydrogens (tertiary/aromatic N) is 3. The first-order valence-corrected chi connectivity index (χ1v) is 6.13. The number of ether oxygens (including phenoxy) is 1. The summed E-state index contributed by atoms with van der Waals surface area (Å²) in [4.78, 5) is 4.16. The molecular weight excluding hydrogens is 252 g/mol. The van der Waals surface area contributed by atoms with E-state index in [2.05, 4.69) is 17.0 Å². The van der Waals surface area contributed by atoms with Gasteiger partial charge < -0.3 is 10.5 Å². The Labute approximate surface area is 111 Å². The molecule has 0 amide bonds. The molecule has 6 heteroatoms. The van der Waals surface area contributed by atoms with E-state index in [-0.39, 0.29) is 0 Å². The van der Waals surface area contributed by atoms with E-state index in [0.29, 0.717) is 23.1 Å². The van der Waals surface area contributed by atoms with Crippen molar-refractivity contribution in [2.24, 2.45) is 0 Å². The zero-order chi connectivity index (χ0) is 13.0. The third-order valence-electron chi connectivity index (χ3n) is 2.46. The summed E-state index contributed by atoms with van der Waals surface area (Å²) < 4.78 is 7.44. The van der Waals surface area contributed by atoms with Gasteiger partial charge in [-0.2, -0.15) is 5.10 Å². The van der Waals surface area contributed by atoms with Gasteiger partial charge in [-0.05, 0) is 18.6 Å². The molecule has 5 nitrogen and oxygen atoms in total. The van der Waals surface area contributed by atoms with Gasteiger partial charge in [-0.3, -0.25) is 0 Å². The van der Waals surface area contributed by atoms with Gasteiger partial charge in [-0.15, -0.1) is 0 Å². The monoisotopic (exact) mass is 266 g/mol. The highest BCUT2D eigenvalue weighted by Gasteiger charge is 2.06. The zero-order valence-electron chi connectivity index (χ0n) is 10.1. The predicted molar refractivity (Wildman–Crippen MR) is 70.5 cm³/mol. The van der Waals surface area contributed by atoms with E-state index in [1.807, 2.05) is 4.68 Å². The average molecular weight is 267 g/mol. The van der Waals surface area contributed by atoms with Gasteiger partial charge in [0.1, 0.15) is 18.7 Å². The van der Waals surface area contributed by atoms with E-state index in [1.165, 1.54) is 6.33 Å². The number of aromatic nitrogens is 3. The topological polar surface area (TPSA) is 66.0 Å². The number of halogens is 1. The number of rotatable bonds is 5. The quantitative estimate of drug-likeness (QED) is 0.845. The molecule has 1 heterocycles. The van der Waals surface area contributed by atoms with Gasteiger partial charge in [0, 0.05) is 17.6 Å². The highest BCUT2D eigenvalue weighted by molar-refractivity contribution is 6.30. The molecule has 0 atom stereocenters. The lowest BCUT2D eigenvalue weighted by molar-refractivity contribution is 0.287. The second-order valence-electron chi connectivity index (χ2n) is 3.87. The van der Waals surface area contributed by atoms with Gasteiger partial charge in [-0.1, -0.05) is 18.5 Å². The summed E-state index contributed by atoms with van der Waals surface area (Å²) in [5.74, 6) is 1.34. The van der Waals surface area contributed by atoms with Crippen LogP contribution in [0.3, 0.4) is 0 Å². The third kappa shape index (κ3) is 2.92. The van der Waals surface area contributed by atoms with E-state index in [1.54, 1.807) is 18.2 Å². The minimum atomic E-state index is 0.324. The Bertz CT molecular complexity index is 527. The summed E-state index contributed by atoms with van der Waals surface area (Å²) in [6.07, 6.45) is 2.52. The summed E-state index contributed by atoms with van der Waals surface area (Å²) >= 11 is 5.89. The van der Waals surface area contributed by atoms with E-state index in [0.717, 1.165) is 18.8 Å². The maximum absolute atomic E-state index is 5.89. The Kier molecular flexibility index (Phi) is 4.04. The molecule has 0 saturated carbocycles. The molecule has 96 valence electrons. The number of hydrogen-bond acceptors (Lipinski definition) is 4. The average Bonchev–Trinajstić information content (AvgIpc) is 2.78. The molecule has 0 radical (unpaired) electrons. The molecule has 2 rings (SSSR count). The molecule has 0 aliphatic rings. The largest absolute Gasteiger partial charge is 0.483 e. The molecule has 1 aromatic heterocycles. The first kappa shape index (κ1) is 12.7. The SMILES string of the molecule is CCCn1ncnc1COc1cc(Cl)ccc1N. The Morgan fingerprint density at radius 1 is 1.44 bits per heavy atom. The number of hydrogen-bond donors (Lipinski definition) is 1. The summed E-state index contributed by atoms with van der Waals surface area (Å²) in [6, 6.07) is 5.13. The second-order valence-corrected chi connectivity index (χ2v) is 4.31.